The van der Waals surface area contributed by atoms with Gasteiger partial charge in [-0.25, -0.2) is 0 Å². The molecule has 1 heterocycles. The van der Waals surface area contributed by atoms with E-state index in [1.54, 1.807) is 0 Å². The topological polar surface area (TPSA) is 20.3 Å². The Morgan fingerprint density at radius 1 is 0.818 bits per heavy atom. The van der Waals surface area contributed by atoms with E-state index in [0.29, 0.717) is 0 Å². The maximum atomic E-state index is 14.2. The maximum Gasteiger partial charge on any atom is 0.172 e. The second-order valence-corrected chi connectivity index (χ2v) is 10.8. The highest BCUT2D eigenvalue weighted by molar-refractivity contribution is 6.04. The largest absolute Gasteiger partial charge is 0.348 e. The lowest BCUT2D eigenvalue weighted by Crippen LogP contribution is -2.36. The molecular weight excluding hydrogens is 402 g/mol. The number of carbonyl (C=O) groups excluding carboxylic acids is 1. The zero-order valence-electron chi connectivity index (χ0n) is 20.5. The summed E-state index contributed by atoms with van der Waals surface area (Å²) in [6.45, 7) is 12.0. The highest BCUT2D eigenvalue weighted by atomic mass is 16.1. The van der Waals surface area contributed by atoms with Gasteiger partial charge in [0.05, 0.1) is 5.92 Å². The maximum absolute atomic E-state index is 14.2. The molecule has 1 aliphatic heterocycles. The highest BCUT2D eigenvalue weighted by Crippen LogP contribution is 2.41. The van der Waals surface area contributed by atoms with Crippen molar-refractivity contribution in [1.29, 1.82) is 0 Å². The summed E-state index contributed by atoms with van der Waals surface area (Å²) in [6, 6.07) is 29.1. The van der Waals surface area contributed by atoms with Gasteiger partial charge in [0, 0.05) is 24.0 Å². The molecule has 0 radical (unpaired) electrons. The van der Waals surface area contributed by atoms with Crippen molar-refractivity contribution in [2.24, 2.45) is 5.41 Å². The first-order chi connectivity index (χ1) is 15.7. The zero-order chi connectivity index (χ0) is 23.6. The van der Waals surface area contributed by atoms with E-state index in [9.17, 15) is 4.79 Å². The number of nitrogens with zero attached hydrogens (tertiary/aromatic N) is 1. The minimum atomic E-state index is -0.304. The van der Waals surface area contributed by atoms with Crippen molar-refractivity contribution in [3.63, 3.8) is 0 Å². The molecule has 0 bridgehead atoms. The van der Waals surface area contributed by atoms with Crippen molar-refractivity contribution in [2.75, 3.05) is 11.4 Å². The molecule has 0 aromatic heterocycles. The summed E-state index contributed by atoms with van der Waals surface area (Å²) in [5, 5.41) is 0. The first-order valence-electron chi connectivity index (χ1n) is 11.9. The van der Waals surface area contributed by atoms with Gasteiger partial charge in [0.25, 0.3) is 0 Å². The van der Waals surface area contributed by atoms with Gasteiger partial charge in [-0.1, -0.05) is 107 Å². The van der Waals surface area contributed by atoms with Gasteiger partial charge >= 0.3 is 0 Å². The van der Waals surface area contributed by atoms with Crippen LogP contribution in [-0.4, -0.2) is 12.3 Å². The van der Waals surface area contributed by atoms with E-state index in [-0.39, 0.29) is 22.5 Å². The third-order valence-electron chi connectivity index (χ3n) is 6.85. The average Bonchev–Trinajstić information content (AvgIpc) is 2.80. The van der Waals surface area contributed by atoms with Gasteiger partial charge in [-0.3, -0.25) is 4.79 Å². The molecule has 0 spiro atoms. The van der Waals surface area contributed by atoms with Crippen molar-refractivity contribution in [2.45, 2.75) is 52.4 Å². The first kappa shape index (κ1) is 23.0. The predicted octanol–water partition coefficient (Wildman–Crippen LogP) is 7.51. The van der Waals surface area contributed by atoms with E-state index in [2.05, 4.69) is 94.2 Å². The van der Waals surface area contributed by atoms with E-state index in [4.69, 9.17) is 0 Å². The van der Waals surface area contributed by atoms with E-state index in [1.807, 2.05) is 36.4 Å². The van der Waals surface area contributed by atoms with Crippen LogP contribution in [0.1, 0.15) is 63.6 Å². The smallest absolute Gasteiger partial charge is 0.172 e. The normalized spacial score (nSPS) is 15.9. The Labute approximate surface area is 199 Å². The third-order valence-corrected chi connectivity index (χ3v) is 6.85. The van der Waals surface area contributed by atoms with Crippen molar-refractivity contribution in [3.8, 4) is 0 Å². The fourth-order valence-corrected chi connectivity index (χ4v) is 4.63. The Morgan fingerprint density at radius 3 is 1.82 bits per heavy atom. The van der Waals surface area contributed by atoms with Gasteiger partial charge in [0.2, 0.25) is 0 Å². The second-order valence-electron chi connectivity index (χ2n) is 10.8. The van der Waals surface area contributed by atoms with Gasteiger partial charge in [-0.2, -0.15) is 0 Å². The Bertz CT molecular complexity index is 1080. The van der Waals surface area contributed by atoms with Crippen LogP contribution in [0.15, 0.2) is 96.7 Å². The first-order valence-corrected chi connectivity index (χ1v) is 11.9. The number of anilines is 1. The summed E-state index contributed by atoms with van der Waals surface area (Å²) < 4.78 is 0. The lowest BCUT2D eigenvalue weighted by Gasteiger charge is -2.38. The third kappa shape index (κ3) is 4.95. The van der Waals surface area contributed by atoms with Crippen molar-refractivity contribution in [3.05, 3.63) is 113 Å². The Hall–Kier alpha value is -3.13. The molecule has 4 rings (SSSR count). The van der Waals surface area contributed by atoms with Crippen LogP contribution in [0.2, 0.25) is 0 Å². The average molecular weight is 438 g/mol. The molecule has 1 aliphatic rings. The molecule has 0 amide bonds. The quantitative estimate of drug-likeness (QED) is 0.412. The zero-order valence-corrected chi connectivity index (χ0v) is 20.5. The molecule has 0 N–H and O–H groups in total. The lowest BCUT2D eigenvalue weighted by atomic mass is 9.72. The molecule has 2 heteroatoms. The molecular formula is C31H35NO. The summed E-state index contributed by atoms with van der Waals surface area (Å²) in [5.74, 6) is -0.116. The van der Waals surface area contributed by atoms with Crippen LogP contribution < -0.4 is 4.90 Å². The number of hydrogen-bond donors (Lipinski definition) is 0. The number of benzene rings is 3. The molecule has 3 aromatic carbocycles. The summed E-state index contributed by atoms with van der Waals surface area (Å²) in [6.07, 6.45) is 3.04. The number of rotatable bonds is 5. The molecule has 0 atom stereocenters. The number of carbonyl (C=O) groups is 1. The summed E-state index contributed by atoms with van der Waals surface area (Å²) in [5.41, 5.74) is 5.37. The van der Waals surface area contributed by atoms with Gasteiger partial charge in [-0.15, -0.1) is 0 Å². The summed E-state index contributed by atoms with van der Waals surface area (Å²) >= 11 is 0. The van der Waals surface area contributed by atoms with E-state index >= 15 is 0 Å². The van der Waals surface area contributed by atoms with Crippen LogP contribution in [0, 0.1) is 5.41 Å². The van der Waals surface area contributed by atoms with Crippen molar-refractivity contribution in [1.82, 2.24) is 0 Å². The van der Waals surface area contributed by atoms with Gasteiger partial charge in [-0.05, 0) is 46.1 Å². The van der Waals surface area contributed by atoms with Gasteiger partial charge in [0.1, 0.15) is 0 Å². The molecule has 170 valence electrons. The van der Waals surface area contributed by atoms with E-state index in [0.717, 1.165) is 35.4 Å². The molecule has 0 saturated carbocycles. The highest BCUT2D eigenvalue weighted by Gasteiger charge is 2.37. The van der Waals surface area contributed by atoms with Crippen LogP contribution in [0.25, 0.3) is 0 Å². The number of Topliss-reactive ketones (excluding diaryl/α,β-unsaturated/α-hetero) is 1. The Balaban J connectivity index is 1.74. The van der Waals surface area contributed by atoms with Gasteiger partial charge in [0.15, 0.2) is 5.78 Å². The number of ketones is 1. The van der Waals surface area contributed by atoms with Crippen LogP contribution >= 0.6 is 0 Å². The molecule has 0 unspecified atom stereocenters. The predicted molar refractivity (Wildman–Crippen MR) is 139 cm³/mol. The summed E-state index contributed by atoms with van der Waals surface area (Å²) in [4.78, 5) is 16.4. The molecule has 0 saturated heterocycles. The fraction of sp³-hybridized carbons (Fsp3) is 0.323. The SMILES string of the molecule is CC1(C)CCN(c2ccc(C(C)(C)C)cc2)C=C1C(=O)C(c1ccccc1)c1ccccc1. The number of allylic oxidation sites excluding steroid dienone is 1. The van der Waals surface area contributed by atoms with Crippen molar-refractivity contribution < 1.29 is 4.79 Å². The molecule has 33 heavy (non-hydrogen) atoms. The van der Waals surface area contributed by atoms with E-state index < -0.39 is 0 Å². The minimum absolute atomic E-state index is 0.123. The molecule has 0 fully saturated rings. The van der Waals surface area contributed by atoms with Crippen molar-refractivity contribution >= 4 is 11.5 Å². The standard InChI is InChI=1S/C31H35NO/c1-30(2,3)25-16-18-26(19-17-25)32-21-20-31(4,5)27(22-32)29(33)28(23-12-8-6-9-13-23)24-14-10-7-11-15-24/h6-19,22,28H,20-21H2,1-5H3. The second kappa shape index (κ2) is 9.02. The molecule has 3 aromatic rings. The Morgan fingerprint density at radius 2 is 1.33 bits per heavy atom. The monoisotopic (exact) mass is 437 g/mol. The molecule has 0 aliphatic carbocycles. The van der Waals surface area contributed by atoms with Gasteiger partial charge < -0.3 is 4.90 Å². The lowest BCUT2D eigenvalue weighted by molar-refractivity contribution is -0.117. The Kier molecular flexibility index (Phi) is 6.30. The number of hydrogen-bond acceptors (Lipinski definition) is 2. The molecule has 2 nitrogen and oxygen atoms in total. The minimum Gasteiger partial charge on any atom is -0.348 e. The van der Waals surface area contributed by atoms with Crippen LogP contribution in [0.3, 0.4) is 0 Å². The summed E-state index contributed by atoms with van der Waals surface area (Å²) in [7, 11) is 0. The van der Waals surface area contributed by atoms with Crippen LogP contribution in [0.5, 0.6) is 0 Å². The van der Waals surface area contributed by atoms with Crippen LogP contribution in [-0.2, 0) is 10.2 Å². The van der Waals surface area contributed by atoms with Crippen LogP contribution in [0.4, 0.5) is 5.69 Å². The fourth-order valence-electron chi connectivity index (χ4n) is 4.63. The van der Waals surface area contributed by atoms with E-state index in [1.165, 1.54) is 5.56 Å².